The quantitative estimate of drug-likeness (QED) is 0.457. The molecule has 2 bridgehead atoms. The molecule has 0 spiro atoms. The van der Waals surface area contributed by atoms with Crippen molar-refractivity contribution in [2.24, 2.45) is 11.5 Å². The van der Waals surface area contributed by atoms with Crippen LogP contribution in [0.25, 0.3) is 5.69 Å². The number of nitrogens with two attached hydrogens (primary N) is 2. The van der Waals surface area contributed by atoms with E-state index in [1.165, 1.54) is 10.1 Å². The first-order chi connectivity index (χ1) is 18.3. The average molecular weight is 573 g/mol. The molecule has 218 valence electrons. The van der Waals surface area contributed by atoms with Gasteiger partial charge < -0.3 is 21.3 Å². The van der Waals surface area contributed by atoms with Crippen molar-refractivity contribution in [3.8, 4) is 5.69 Å². The van der Waals surface area contributed by atoms with E-state index in [1.54, 1.807) is 35.9 Å². The van der Waals surface area contributed by atoms with E-state index in [1.807, 2.05) is 24.3 Å². The molecule has 1 aromatic carbocycles. The average Bonchev–Trinajstić information content (AvgIpc) is 2.85. The highest BCUT2D eigenvalue weighted by Crippen LogP contribution is 2.62. The molecule has 6 rings (SSSR count). The maximum absolute atomic E-state index is 12.8. The van der Waals surface area contributed by atoms with Gasteiger partial charge in [-0.15, -0.1) is 12.4 Å². The lowest BCUT2D eigenvalue weighted by atomic mass is 9.44. The lowest BCUT2D eigenvalue weighted by Gasteiger charge is -2.73. The van der Waals surface area contributed by atoms with Crippen LogP contribution in [-0.4, -0.2) is 92.1 Å². The van der Waals surface area contributed by atoms with Crippen molar-refractivity contribution in [1.29, 1.82) is 0 Å². The zero-order chi connectivity index (χ0) is 28.2. The molecule has 3 saturated carbocycles. The van der Waals surface area contributed by atoms with Crippen LogP contribution in [0.15, 0.2) is 41.3 Å². The lowest BCUT2D eigenvalue weighted by molar-refractivity contribution is -0.164. The molecule has 4 aliphatic rings. The van der Waals surface area contributed by atoms with Crippen LogP contribution in [0.3, 0.4) is 0 Å². The number of anilines is 1. The van der Waals surface area contributed by atoms with Gasteiger partial charge in [-0.1, -0.05) is 12.1 Å². The number of nitrogens with zero attached hydrogens (tertiary/aromatic N) is 5. The fraction of sp³-hybridized carbons (Fsp3) is 0.571. The summed E-state index contributed by atoms with van der Waals surface area (Å²) in [7, 11) is 2.20. The molecular weight excluding hydrogens is 532 g/mol. The number of aromatic nitrogens is 2. The van der Waals surface area contributed by atoms with Crippen LogP contribution in [0.2, 0.25) is 0 Å². The lowest BCUT2D eigenvalue weighted by Crippen LogP contribution is -2.82. The Balaban J connectivity index is 0.00000370. The van der Waals surface area contributed by atoms with Crippen LogP contribution in [-0.2, 0) is 11.2 Å². The summed E-state index contributed by atoms with van der Waals surface area (Å²) in [5, 5.41) is 2.70. The molecule has 40 heavy (non-hydrogen) atoms. The predicted octanol–water partition coefficient (Wildman–Crippen LogP) is 1.56. The highest BCUT2D eigenvalue weighted by molar-refractivity contribution is 5.89. The topological polar surface area (TPSA) is 143 Å². The molecule has 0 radical (unpaired) electrons. The van der Waals surface area contributed by atoms with Gasteiger partial charge in [0.25, 0.3) is 0 Å². The molecule has 11 nitrogen and oxygen atoms in total. The molecular formula is C28H41ClN8O3. The third kappa shape index (κ3) is 5.74. The van der Waals surface area contributed by atoms with Crippen molar-refractivity contribution >= 4 is 30.2 Å². The van der Waals surface area contributed by atoms with Gasteiger partial charge in [-0.05, 0) is 77.3 Å². The van der Waals surface area contributed by atoms with E-state index < -0.39 is 11.2 Å². The summed E-state index contributed by atoms with van der Waals surface area (Å²) in [6.45, 7) is 7.15. The fourth-order valence-corrected chi connectivity index (χ4v) is 6.30. The number of rotatable bonds is 7. The Hall–Kier alpha value is -2.99. The molecule has 1 aliphatic heterocycles. The van der Waals surface area contributed by atoms with E-state index in [2.05, 4.69) is 29.2 Å². The normalized spacial score (nSPS) is 24.5. The number of hydrogen-bond donors (Lipinski definition) is 3. The Bertz CT molecular complexity index is 1290. The molecule has 1 aromatic heterocycles. The Morgan fingerprint density at radius 1 is 1.07 bits per heavy atom. The second kappa shape index (κ2) is 10.8. The van der Waals surface area contributed by atoms with E-state index in [-0.39, 0.29) is 35.7 Å². The largest absolute Gasteiger partial charge is 0.354 e. The smallest absolute Gasteiger partial charge is 0.338 e. The molecule has 2 heterocycles. The number of urea groups is 1. The Labute approximate surface area is 241 Å². The third-order valence-corrected chi connectivity index (χ3v) is 8.64. The summed E-state index contributed by atoms with van der Waals surface area (Å²) in [6.07, 6.45) is 5.81. The summed E-state index contributed by atoms with van der Waals surface area (Å²) in [4.78, 5) is 47.6. The van der Waals surface area contributed by atoms with Crippen LogP contribution in [0.5, 0.6) is 0 Å². The van der Waals surface area contributed by atoms with Gasteiger partial charge in [0, 0.05) is 49.5 Å². The van der Waals surface area contributed by atoms with E-state index in [0.717, 1.165) is 25.7 Å². The first-order valence-electron chi connectivity index (χ1n) is 13.6. The molecule has 12 heteroatoms. The van der Waals surface area contributed by atoms with Crippen LogP contribution >= 0.6 is 12.4 Å². The van der Waals surface area contributed by atoms with Gasteiger partial charge in [0.2, 0.25) is 5.91 Å². The highest BCUT2D eigenvalue weighted by Gasteiger charge is 2.68. The van der Waals surface area contributed by atoms with Gasteiger partial charge in [-0.3, -0.25) is 19.6 Å². The number of carbonyl (C=O) groups is 2. The van der Waals surface area contributed by atoms with Gasteiger partial charge >= 0.3 is 11.7 Å². The second-order valence-corrected chi connectivity index (χ2v) is 12.3. The van der Waals surface area contributed by atoms with Crippen molar-refractivity contribution in [1.82, 2.24) is 24.3 Å². The number of carbonyl (C=O) groups excluding carboxylic acids is 2. The minimum Gasteiger partial charge on any atom is -0.338 e. The number of piperazine rings is 1. The van der Waals surface area contributed by atoms with Gasteiger partial charge in [-0.2, -0.15) is 4.98 Å². The Morgan fingerprint density at radius 3 is 2.17 bits per heavy atom. The van der Waals surface area contributed by atoms with Crippen molar-refractivity contribution in [2.45, 2.75) is 69.1 Å². The third-order valence-electron chi connectivity index (χ3n) is 8.64. The highest BCUT2D eigenvalue weighted by atomic mass is 35.5. The molecule has 1 saturated heterocycles. The summed E-state index contributed by atoms with van der Waals surface area (Å²) in [5.41, 5.74) is 13.0. The predicted molar refractivity (Wildman–Crippen MR) is 157 cm³/mol. The SMILES string of the molecule is CC(Cc1ccc(-n2ccc(NC(=O)N3CCN(C(=O)C(C)(C)N)CC3)nc2=O)cc1)N(C)C12CC(N)(C1)C2.Cl. The van der Waals surface area contributed by atoms with Crippen LogP contribution in [0.4, 0.5) is 10.6 Å². The molecule has 3 amide bonds. The van der Waals surface area contributed by atoms with Gasteiger partial charge in [0.1, 0.15) is 5.82 Å². The summed E-state index contributed by atoms with van der Waals surface area (Å²) >= 11 is 0. The first kappa shape index (κ1) is 30.0. The zero-order valence-corrected chi connectivity index (χ0v) is 24.5. The molecule has 1 unspecified atom stereocenters. The summed E-state index contributed by atoms with van der Waals surface area (Å²) < 4.78 is 1.45. The van der Waals surface area contributed by atoms with Crippen LogP contribution < -0.4 is 22.5 Å². The van der Waals surface area contributed by atoms with E-state index in [9.17, 15) is 14.4 Å². The number of hydrogen-bond acceptors (Lipinski definition) is 7. The Morgan fingerprint density at radius 2 is 1.65 bits per heavy atom. The van der Waals surface area contributed by atoms with Crippen molar-refractivity contribution in [2.75, 3.05) is 38.5 Å². The zero-order valence-electron chi connectivity index (χ0n) is 23.7. The summed E-state index contributed by atoms with van der Waals surface area (Å²) in [6, 6.07) is 9.57. The monoisotopic (exact) mass is 572 g/mol. The summed E-state index contributed by atoms with van der Waals surface area (Å²) in [5.74, 6) is 0.0432. The molecule has 3 aliphatic carbocycles. The van der Waals surface area contributed by atoms with Crippen LogP contribution in [0.1, 0.15) is 45.6 Å². The minimum atomic E-state index is -0.946. The first-order valence-corrected chi connectivity index (χ1v) is 13.6. The minimum absolute atomic E-state index is 0. The molecule has 2 aromatic rings. The van der Waals surface area contributed by atoms with Crippen molar-refractivity contribution in [3.63, 3.8) is 0 Å². The van der Waals surface area contributed by atoms with E-state index in [0.29, 0.717) is 43.4 Å². The van der Waals surface area contributed by atoms with Crippen molar-refractivity contribution in [3.05, 3.63) is 52.6 Å². The fourth-order valence-electron chi connectivity index (χ4n) is 6.30. The van der Waals surface area contributed by atoms with Gasteiger partial charge in [-0.25, -0.2) is 9.59 Å². The second-order valence-electron chi connectivity index (χ2n) is 12.3. The number of benzene rings is 1. The van der Waals surface area contributed by atoms with Crippen LogP contribution in [0, 0.1) is 0 Å². The number of likely N-dealkylation sites (N-methyl/N-ethyl adjacent to an activating group) is 1. The van der Waals surface area contributed by atoms with E-state index >= 15 is 0 Å². The number of amides is 3. The standard InChI is InChI=1S/C28H40N8O3.ClH/c1-19(33(4)28-16-27(30,17-28)18-28)15-20-5-7-21(8-6-20)36-10-9-22(32-25(36)39)31-24(38)35-13-11-34(12-14-35)23(37)26(2,3)29;/h5-10,19H,11-18,29-30H2,1-4H3,(H,31,32,38,39);1H. The number of halogens is 1. The molecule has 5 N–H and O–H groups in total. The number of nitrogens with one attached hydrogen (secondary N) is 1. The molecule has 1 atom stereocenters. The Kier molecular flexibility index (Phi) is 8.07. The maximum Gasteiger partial charge on any atom is 0.354 e. The van der Waals surface area contributed by atoms with Gasteiger partial charge in [0.05, 0.1) is 11.2 Å². The van der Waals surface area contributed by atoms with Gasteiger partial charge in [0.15, 0.2) is 0 Å². The van der Waals surface area contributed by atoms with E-state index in [4.69, 9.17) is 11.5 Å². The molecule has 4 fully saturated rings. The van der Waals surface area contributed by atoms with Crippen molar-refractivity contribution < 1.29 is 9.59 Å². The maximum atomic E-state index is 12.8.